The Balaban J connectivity index is 1.85. The fraction of sp³-hybridized carbons (Fsp3) is 0.130. The number of hydrogen-bond acceptors (Lipinski definition) is 5. The Hall–Kier alpha value is -3.80. The molecule has 6 nitrogen and oxygen atoms in total. The monoisotopic (exact) mass is 385 g/mol. The summed E-state index contributed by atoms with van der Waals surface area (Å²) < 4.78 is 0. The Morgan fingerprint density at radius 2 is 1.83 bits per heavy atom. The van der Waals surface area contributed by atoms with E-state index in [1.54, 1.807) is 55.0 Å². The Bertz CT molecular complexity index is 1080. The Kier molecular flexibility index (Phi) is 4.91. The summed E-state index contributed by atoms with van der Waals surface area (Å²) in [6, 6.07) is 15.3. The third-order valence-electron chi connectivity index (χ3n) is 4.92. The molecule has 0 bridgehead atoms. The summed E-state index contributed by atoms with van der Waals surface area (Å²) in [5.74, 6) is -1.58. The van der Waals surface area contributed by atoms with Crippen molar-refractivity contribution in [3.05, 3.63) is 101 Å². The van der Waals surface area contributed by atoms with Crippen molar-refractivity contribution in [1.82, 2.24) is 14.9 Å². The van der Waals surface area contributed by atoms with Crippen LogP contribution in [0.2, 0.25) is 0 Å². The van der Waals surface area contributed by atoms with Gasteiger partial charge >= 0.3 is 0 Å². The van der Waals surface area contributed by atoms with Gasteiger partial charge < -0.3 is 10.0 Å². The van der Waals surface area contributed by atoms with Gasteiger partial charge in [-0.05, 0) is 30.7 Å². The van der Waals surface area contributed by atoms with Gasteiger partial charge in [0, 0.05) is 24.2 Å². The van der Waals surface area contributed by atoms with Crippen molar-refractivity contribution < 1.29 is 14.7 Å². The molecule has 0 saturated carbocycles. The van der Waals surface area contributed by atoms with Crippen LogP contribution in [-0.4, -0.2) is 31.7 Å². The molecule has 3 heterocycles. The molecule has 1 N–H and O–H groups in total. The SMILES string of the molecule is Cc1ccc(/C(O)=C2\C(=O)C(=O)N(Cc3ccccn3)C2c2cccnc2)cc1. The lowest BCUT2D eigenvalue weighted by atomic mass is 9.96. The van der Waals surface area contributed by atoms with Crippen LogP contribution in [0.5, 0.6) is 0 Å². The average molecular weight is 385 g/mol. The predicted octanol–water partition coefficient (Wildman–Crippen LogP) is 3.41. The molecule has 1 aliphatic rings. The fourth-order valence-electron chi connectivity index (χ4n) is 3.46. The summed E-state index contributed by atoms with van der Waals surface area (Å²) in [5.41, 5.74) is 2.87. The van der Waals surface area contributed by atoms with Gasteiger partial charge in [0.05, 0.1) is 23.9 Å². The number of benzene rings is 1. The maximum atomic E-state index is 12.9. The molecule has 1 aliphatic heterocycles. The van der Waals surface area contributed by atoms with Crippen molar-refractivity contribution in [1.29, 1.82) is 0 Å². The summed E-state index contributed by atoms with van der Waals surface area (Å²) in [5, 5.41) is 11.0. The summed E-state index contributed by atoms with van der Waals surface area (Å²) in [6.45, 7) is 2.08. The Morgan fingerprint density at radius 1 is 1.03 bits per heavy atom. The third-order valence-corrected chi connectivity index (χ3v) is 4.92. The van der Waals surface area contributed by atoms with Gasteiger partial charge in [0.1, 0.15) is 5.76 Å². The van der Waals surface area contributed by atoms with Crippen LogP contribution in [0.25, 0.3) is 5.76 Å². The molecule has 1 amide bonds. The van der Waals surface area contributed by atoms with Gasteiger partial charge in [-0.25, -0.2) is 0 Å². The minimum atomic E-state index is -0.744. The normalized spacial score (nSPS) is 18.2. The number of nitrogens with zero attached hydrogens (tertiary/aromatic N) is 3. The van der Waals surface area contributed by atoms with Gasteiger partial charge in [-0.15, -0.1) is 0 Å². The number of pyridine rings is 2. The molecule has 3 aromatic rings. The number of likely N-dealkylation sites (tertiary alicyclic amines) is 1. The first-order chi connectivity index (χ1) is 14.1. The van der Waals surface area contributed by atoms with E-state index >= 15 is 0 Å². The zero-order valence-electron chi connectivity index (χ0n) is 15.8. The van der Waals surface area contributed by atoms with Gasteiger partial charge in [-0.1, -0.05) is 42.0 Å². The molecule has 2 aromatic heterocycles. The first-order valence-corrected chi connectivity index (χ1v) is 9.21. The van der Waals surface area contributed by atoms with Crippen molar-refractivity contribution in [2.75, 3.05) is 0 Å². The minimum Gasteiger partial charge on any atom is -0.507 e. The first kappa shape index (κ1) is 18.6. The zero-order chi connectivity index (χ0) is 20.4. The maximum absolute atomic E-state index is 12.9. The van der Waals surface area contributed by atoms with Gasteiger partial charge in [0.15, 0.2) is 0 Å². The van der Waals surface area contributed by atoms with Crippen LogP contribution in [0.1, 0.15) is 28.4 Å². The van der Waals surface area contributed by atoms with E-state index < -0.39 is 17.7 Å². The number of Topliss-reactive ketones (excluding diaryl/α,β-unsaturated/α-hetero) is 1. The fourth-order valence-corrected chi connectivity index (χ4v) is 3.46. The molecule has 1 saturated heterocycles. The Labute approximate surface area is 168 Å². The van der Waals surface area contributed by atoms with E-state index in [0.717, 1.165) is 5.56 Å². The van der Waals surface area contributed by atoms with E-state index in [-0.39, 0.29) is 17.9 Å². The predicted molar refractivity (Wildman–Crippen MR) is 107 cm³/mol. The van der Waals surface area contributed by atoms with Gasteiger partial charge in [-0.3, -0.25) is 19.6 Å². The van der Waals surface area contributed by atoms with E-state index in [4.69, 9.17) is 0 Å². The van der Waals surface area contributed by atoms with Crippen molar-refractivity contribution in [3.63, 3.8) is 0 Å². The van der Waals surface area contributed by atoms with E-state index in [1.165, 1.54) is 4.90 Å². The number of rotatable bonds is 4. The van der Waals surface area contributed by atoms with Crippen molar-refractivity contribution in [2.24, 2.45) is 0 Å². The Morgan fingerprint density at radius 3 is 2.48 bits per heavy atom. The zero-order valence-corrected chi connectivity index (χ0v) is 15.8. The van der Waals surface area contributed by atoms with Crippen LogP contribution in [0.3, 0.4) is 0 Å². The molecule has 6 heteroatoms. The highest BCUT2D eigenvalue weighted by Crippen LogP contribution is 2.39. The molecule has 1 unspecified atom stereocenters. The smallest absolute Gasteiger partial charge is 0.296 e. The largest absolute Gasteiger partial charge is 0.507 e. The number of aryl methyl sites for hydroxylation is 1. The summed E-state index contributed by atoms with van der Waals surface area (Å²) in [7, 11) is 0. The average Bonchev–Trinajstić information content (AvgIpc) is 3.00. The molecule has 1 fully saturated rings. The topological polar surface area (TPSA) is 83.4 Å². The van der Waals surface area contributed by atoms with Crippen LogP contribution in [-0.2, 0) is 16.1 Å². The molecular formula is C23H19N3O3. The maximum Gasteiger partial charge on any atom is 0.296 e. The second-order valence-corrected chi connectivity index (χ2v) is 6.90. The summed E-state index contributed by atoms with van der Waals surface area (Å²) in [4.78, 5) is 35.6. The van der Waals surface area contributed by atoms with Gasteiger partial charge in [0.25, 0.3) is 11.7 Å². The lowest BCUT2D eigenvalue weighted by Crippen LogP contribution is -2.29. The number of amides is 1. The molecule has 4 rings (SSSR count). The van der Waals surface area contributed by atoms with Crippen LogP contribution < -0.4 is 0 Å². The molecule has 1 atom stereocenters. The number of hydrogen-bond donors (Lipinski definition) is 1. The van der Waals surface area contributed by atoms with E-state index in [9.17, 15) is 14.7 Å². The number of aliphatic hydroxyl groups is 1. The second kappa shape index (κ2) is 7.67. The van der Waals surface area contributed by atoms with Gasteiger partial charge in [0.2, 0.25) is 0 Å². The van der Waals surface area contributed by atoms with E-state index in [2.05, 4.69) is 9.97 Å². The van der Waals surface area contributed by atoms with Crippen LogP contribution in [0, 0.1) is 6.92 Å². The van der Waals surface area contributed by atoms with Crippen LogP contribution in [0.15, 0.2) is 78.8 Å². The van der Waals surface area contributed by atoms with Crippen molar-refractivity contribution >= 4 is 17.4 Å². The van der Waals surface area contributed by atoms with Crippen molar-refractivity contribution in [3.8, 4) is 0 Å². The van der Waals surface area contributed by atoms with E-state index in [1.807, 2.05) is 25.1 Å². The standard InChI is InChI=1S/C23H19N3O3/c1-15-7-9-16(10-8-15)21(27)19-20(17-5-4-11-24-13-17)26(23(29)22(19)28)14-18-6-2-3-12-25-18/h2-13,20,27H,14H2,1H3/b21-19+. The lowest BCUT2D eigenvalue weighted by molar-refractivity contribution is -0.140. The van der Waals surface area contributed by atoms with Crippen LogP contribution >= 0.6 is 0 Å². The minimum absolute atomic E-state index is 0.0581. The number of aromatic nitrogens is 2. The third kappa shape index (κ3) is 3.52. The first-order valence-electron chi connectivity index (χ1n) is 9.21. The van der Waals surface area contributed by atoms with Crippen LogP contribution in [0.4, 0.5) is 0 Å². The number of carbonyl (C=O) groups is 2. The summed E-state index contributed by atoms with van der Waals surface area (Å²) in [6.07, 6.45) is 4.86. The number of carbonyl (C=O) groups excluding carboxylic acids is 2. The van der Waals surface area contributed by atoms with E-state index in [0.29, 0.717) is 16.8 Å². The highest BCUT2D eigenvalue weighted by atomic mass is 16.3. The number of ketones is 1. The lowest BCUT2D eigenvalue weighted by Gasteiger charge is -2.24. The molecule has 1 aromatic carbocycles. The molecule has 0 radical (unpaired) electrons. The molecular weight excluding hydrogens is 366 g/mol. The van der Waals surface area contributed by atoms with Gasteiger partial charge in [-0.2, -0.15) is 0 Å². The van der Waals surface area contributed by atoms with Crippen molar-refractivity contribution in [2.45, 2.75) is 19.5 Å². The second-order valence-electron chi connectivity index (χ2n) is 6.90. The quantitative estimate of drug-likeness (QED) is 0.423. The molecule has 144 valence electrons. The molecule has 29 heavy (non-hydrogen) atoms. The molecule has 0 aliphatic carbocycles. The summed E-state index contributed by atoms with van der Waals surface area (Å²) >= 11 is 0. The molecule has 0 spiro atoms. The highest BCUT2D eigenvalue weighted by molar-refractivity contribution is 6.46. The highest BCUT2D eigenvalue weighted by Gasteiger charge is 2.46. The number of aliphatic hydroxyl groups excluding tert-OH is 1.